The second kappa shape index (κ2) is 7.32. The first-order valence-electron chi connectivity index (χ1n) is 8.12. The summed E-state index contributed by atoms with van der Waals surface area (Å²) in [6, 6.07) is 9.87. The number of thiophene rings is 1. The van der Waals surface area contributed by atoms with Crippen molar-refractivity contribution < 1.29 is 4.55 Å². The van der Waals surface area contributed by atoms with Crippen LogP contribution in [0.15, 0.2) is 46.1 Å². The van der Waals surface area contributed by atoms with Crippen LogP contribution < -0.4 is 5.73 Å². The molecule has 0 spiro atoms. The second-order valence-corrected chi connectivity index (χ2v) is 9.29. The van der Waals surface area contributed by atoms with Crippen LogP contribution in [0.1, 0.15) is 13.3 Å². The highest BCUT2D eigenvalue weighted by Gasteiger charge is 2.25. The molecule has 3 heterocycles. The molecule has 1 unspecified atom stereocenters. The summed E-state index contributed by atoms with van der Waals surface area (Å²) in [6.07, 6.45) is 2.57. The van der Waals surface area contributed by atoms with Crippen LogP contribution in [0.3, 0.4) is 0 Å². The van der Waals surface area contributed by atoms with E-state index >= 15 is 0 Å². The van der Waals surface area contributed by atoms with Crippen LogP contribution in [0, 0.1) is 0 Å². The zero-order chi connectivity index (χ0) is 18.1. The smallest absolute Gasteiger partial charge is 0.232 e. The Bertz CT molecular complexity index is 1030. The molecule has 0 aliphatic rings. The molecule has 4 aromatic rings. The monoisotopic (exact) mass is 400 g/mol. The van der Waals surface area contributed by atoms with Crippen molar-refractivity contribution in [3.63, 3.8) is 0 Å². The molecule has 0 saturated heterocycles. The van der Waals surface area contributed by atoms with Crippen molar-refractivity contribution in [1.29, 1.82) is 0 Å². The molecule has 3 aromatic heterocycles. The van der Waals surface area contributed by atoms with Crippen LogP contribution in [0.2, 0.25) is 0 Å². The Morgan fingerprint density at radius 3 is 2.69 bits per heavy atom. The molecule has 0 radical (unpaired) electrons. The lowest BCUT2D eigenvalue weighted by molar-refractivity contribution is 0.596. The van der Waals surface area contributed by atoms with E-state index in [1.807, 2.05) is 42.6 Å². The second-order valence-electron chi connectivity index (χ2n) is 5.63. The van der Waals surface area contributed by atoms with Crippen LogP contribution in [0.5, 0.6) is 0 Å². The van der Waals surface area contributed by atoms with Gasteiger partial charge in [-0.15, -0.1) is 11.3 Å². The van der Waals surface area contributed by atoms with E-state index in [0.29, 0.717) is 21.5 Å². The normalized spacial score (nSPS) is 12.5. The largest absolute Gasteiger partial charge is 0.611 e. The number of nitrogens with two attached hydrogens (primary N) is 1. The molecule has 26 heavy (non-hydrogen) atoms. The molecule has 1 aromatic carbocycles. The van der Waals surface area contributed by atoms with E-state index in [1.165, 1.54) is 22.7 Å². The lowest BCUT2D eigenvalue weighted by Gasteiger charge is -2.08. The number of hydrogen-bond donors (Lipinski definition) is 1. The van der Waals surface area contributed by atoms with Gasteiger partial charge < -0.3 is 10.3 Å². The van der Waals surface area contributed by atoms with Gasteiger partial charge in [0, 0.05) is 17.1 Å². The number of anilines is 1. The Morgan fingerprint density at radius 1 is 1.19 bits per heavy atom. The maximum absolute atomic E-state index is 12.6. The number of thiazole rings is 1. The maximum Gasteiger partial charge on any atom is 0.232 e. The Hall–Kier alpha value is -2.00. The molecule has 0 saturated carbocycles. The van der Waals surface area contributed by atoms with Gasteiger partial charge in [-0.1, -0.05) is 48.6 Å². The third-order valence-electron chi connectivity index (χ3n) is 3.82. The maximum atomic E-state index is 12.6. The third-order valence-corrected chi connectivity index (χ3v) is 7.70. The highest BCUT2D eigenvalue weighted by Crippen LogP contribution is 2.42. The van der Waals surface area contributed by atoms with Crippen molar-refractivity contribution in [1.82, 2.24) is 15.0 Å². The topological polar surface area (TPSA) is 87.8 Å². The van der Waals surface area contributed by atoms with E-state index in [-0.39, 0.29) is 0 Å². The minimum Gasteiger partial charge on any atom is -0.611 e. The van der Waals surface area contributed by atoms with Gasteiger partial charge >= 0.3 is 0 Å². The van der Waals surface area contributed by atoms with E-state index in [9.17, 15) is 4.55 Å². The molecule has 0 fully saturated rings. The Balaban J connectivity index is 1.99. The number of fused-ring (bicyclic) bond motifs is 1. The first-order chi connectivity index (χ1) is 12.7. The van der Waals surface area contributed by atoms with E-state index < -0.39 is 11.2 Å². The minimum atomic E-state index is -1.12. The molecule has 2 N–H and O–H groups in total. The fourth-order valence-electron chi connectivity index (χ4n) is 2.68. The van der Waals surface area contributed by atoms with Crippen LogP contribution >= 0.6 is 22.7 Å². The number of nitrogen functional groups attached to an aromatic ring is 1. The van der Waals surface area contributed by atoms with Crippen molar-refractivity contribution in [2.75, 3.05) is 11.5 Å². The van der Waals surface area contributed by atoms with E-state index in [1.54, 1.807) is 6.20 Å². The van der Waals surface area contributed by atoms with Crippen molar-refractivity contribution in [2.24, 2.45) is 0 Å². The average molecular weight is 401 g/mol. The first-order valence-corrected chi connectivity index (χ1v) is 11.1. The van der Waals surface area contributed by atoms with Crippen LogP contribution in [-0.2, 0) is 11.2 Å². The van der Waals surface area contributed by atoms with Gasteiger partial charge in [-0.2, -0.15) is 0 Å². The highest BCUT2D eigenvalue weighted by molar-refractivity contribution is 7.93. The lowest BCUT2D eigenvalue weighted by atomic mass is 10.1. The number of hydrogen-bond acceptors (Lipinski definition) is 7. The Kier molecular flexibility index (Phi) is 4.90. The summed E-state index contributed by atoms with van der Waals surface area (Å²) in [5, 5.41) is 3.43. The summed E-state index contributed by atoms with van der Waals surface area (Å²) >= 11 is 1.76. The molecule has 0 amide bonds. The number of aromatic nitrogens is 3. The van der Waals surface area contributed by atoms with Gasteiger partial charge in [0.1, 0.15) is 16.3 Å². The zero-order valence-electron chi connectivity index (χ0n) is 14.0. The van der Waals surface area contributed by atoms with E-state index in [2.05, 4.69) is 9.97 Å². The molecule has 8 heteroatoms. The van der Waals surface area contributed by atoms with Gasteiger partial charge in [0.15, 0.2) is 10.8 Å². The summed E-state index contributed by atoms with van der Waals surface area (Å²) < 4.78 is 13.3. The van der Waals surface area contributed by atoms with Crippen molar-refractivity contribution >= 4 is 49.8 Å². The van der Waals surface area contributed by atoms with Gasteiger partial charge in [-0.05, 0) is 17.6 Å². The molecule has 0 aliphatic heterocycles. The number of nitrogens with zero attached hydrogens (tertiary/aromatic N) is 3. The van der Waals surface area contributed by atoms with E-state index in [0.717, 1.165) is 32.9 Å². The van der Waals surface area contributed by atoms with Gasteiger partial charge in [0.25, 0.3) is 0 Å². The number of rotatable bonds is 5. The molecule has 4 rings (SSSR count). The minimum absolute atomic E-state index is 0.529. The fourth-order valence-corrected chi connectivity index (χ4v) is 5.84. The SMILES string of the molecule is CCC[S+]([O-])c1sc2nc(-c3nccs3)nc(-c3ccccc3)c2c1N. The fraction of sp³-hybridized carbons (Fsp3) is 0.167. The summed E-state index contributed by atoms with van der Waals surface area (Å²) in [5.41, 5.74) is 8.64. The molecule has 0 bridgehead atoms. The zero-order valence-corrected chi connectivity index (χ0v) is 16.5. The first kappa shape index (κ1) is 17.4. The molecule has 1 atom stereocenters. The van der Waals surface area contributed by atoms with Crippen LogP contribution in [-0.4, -0.2) is 25.3 Å². The lowest BCUT2D eigenvalue weighted by Crippen LogP contribution is -2.06. The standard InChI is InChI=1S/C18H16N4OS3/c1-2-10-26(23)18-13(19)12-14(11-6-4-3-5-7-11)21-15(22-16(12)25-18)17-20-8-9-24-17/h3-9H,2,10,19H2,1H3. The predicted molar refractivity (Wildman–Crippen MR) is 110 cm³/mol. The number of benzene rings is 1. The molecule has 132 valence electrons. The van der Waals surface area contributed by atoms with Gasteiger partial charge in [-0.3, -0.25) is 0 Å². The summed E-state index contributed by atoms with van der Waals surface area (Å²) in [7, 11) is 0. The van der Waals surface area contributed by atoms with Crippen molar-refractivity contribution in [3.05, 3.63) is 41.9 Å². The molecule has 0 aliphatic carbocycles. The Labute approximate surface area is 162 Å². The van der Waals surface area contributed by atoms with Crippen LogP contribution in [0.4, 0.5) is 5.69 Å². The Morgan fingerprint density at radius 2 is 2.00 bits per heavy atom. The van der Waals surface area contributed by atoms with Gasteiger partial charge in [0.05, 0.1) is 11.1 Å². The van der Waals surface area contributed by atoms with Crippen molar-refractivity contribution in [3.8, 4) is 22.1 Å². The predicted octanol–water partition coefficient (Wildman–Crippen LogP) is 4.58. The molecule has 5 nitrogen and oxygen atoms in total. The van der Waals surface area contributed by atoms with Crippen molar-refractivity contribution in [2.45, 2.75) is 17.6 Å². The summed E-state index contributed by atoms with van der Waals surface area (Å²) in [5.74, 6) is 1.16. The quantitative estimate of drug-likeness (QED) is 0.495. The van der Waals surface area contributed by atoms with E-state index in [4.69, 9.17) is 10.7 Å². The molecular weight excluding hydrogens is 384 g/mol. The molecular formula is C18H16N4OS3. The highest BCUT2D eigenvalue weighted by atomic mass is 32.2. The van der Waals surface area contributed by atoms with Gasteiger partial charge in [-0.25, -0.2) is 15.0 Å². The summed E-state index contributed by atoms with van der Waals surface area (Å²) in [6.45, 7) is 2.01. The van der Waals surface area contributed by atoms with Gasteiger partial charge in [0.2, 0.25) is 4.21 Å². The summed E-state index contributed by atoms with van der Waals surface area (Å²) in [4.78, 5) is 14.5. The third kappa shape index (κ3) is 3.09. The average Bonchev–Trinajstić information content (AvgIpc) is 3.30. The van der Waals surface area contributed by atoms with Crippen LogP contribution in [0.25, 0.3) is 32.3 Å².